The van der Waals surface area contributed by atoms with Gasteiger partial charge in [-0.15, -0.1) is 0 Å². The monoisotopic (exact) mass is 482 g/mol. The van der Waals surface area contributed by atoms with Gasteiger partial charge in [0.25, 0.3) is 0 Å². The molecule has 2 aromatic rings. The van der Waals surface area contributed by atoms with Crippen molar-refractivity contribution >= 4 is 29.9 Å². The third kappa shape index (κ3) is 8.72. The number of amides is 1. The molecule has 35 heavy (non-hydrogen) atoms. The van der Waals surface area contributed by atoms with Crippen molar-refractivity contribution in [3.8, 4) is 5.75 Å². The number of phenolic OH excluding ortho intramolecular Hbond substituents is 1. The molecule has 1 atom stereocenters. The van der Waals surface area contributed by atoms with E-state index >= 15 is 0 Å². The average molecular weight is 483 g/mol. The molecule has 2 fully saturated rings. The van der Waals surface area contributed by atoms with Crippen LogP contribution in [0.15, 0.2) is 48.5 Å². The van der Waals surface area contributed by atoms with Gasteiger partial charge in [0.2, 0.25) is 5.91 Å². The summed E-state index contributed by atoms with van der Waals surface area (Å²) in [5.41, 5.74) is 2.76. The Morgan fingerprint density at radius 3 is 2.11 bits per heavy atom. The molecular formula is C27H38N4O4. The Balaban J connectivity index is 0.000000329. The zero-order chi connectivity index (χ0) is 25.6. The molecule has 2 aliphatic heterocycles. The number of phenols is 1. The smallest absolute Gasteiger partial charge is 0.236 e. The maximum atomic E-state index is 12.4. The van der Waals surface area contributed by atoms with E-state index in [1.54, 1.807) is 12.1 Å². The number of carbonyl (C=O) groups is 3. The summed E-state index contributed by atoms with van der Waals surface area (Å²) in [6.45, 7) is 8.96. The summed E-state index contributed by atoms with van der Waals surface area (Å²) >= 11 is 0. The number of hydrogen-bond acceptors (Lipinski definition) is 7. The van der Waals surface area contributed by atoms with Crippen LogP contribution >= 0.6 is 0 Å². The van der Waals surface area contributed by atoms with Crippen LogP contribution in [0, 0.1) is 5.92 Å². The van der Waals surface area contributed by atoms with Gasteiger partial charge < -0.3 is 25.0 Å². The van der Waals surface area contributed by atoms with Gasteiger partial charge in [0.1, 0.15) is 18.3 Å². The Kier molecular flexibility index (Phi) is 11.8. The molecule has 0 aromatic heterocycles. The molecule has 1 amide bonds. The van der Waals surface area contributed by atoms with Crippen molar-refractivity contribution in [2.24, 2.45) is 5.92 Å². The lowest BCUT2D eigenvalue weighted by Gasteiger charge is -2.36. The molecule has 8 nitrogen and oxygen atoms in total. The van der Waals surface area contributed by atoms with Gasteiger partial charge in [0.15, 0.2) is 0 Å². The predicted octanol–water partition coefficient (Wildman–Crippen LogP) is 3.13. The molecule has 0 saturated carbocycles. The van der Waals surface area contributed by atoms with E-state index in [0.717, 1.165) is 50.0 Å². The number of piperazine rings is 1. The Bertz CT molecular complexity index is 910. The second-order valence-corrected chi connectivity index (χ2v) is 8.29. The van der Waals surface area contributed by atoms with E-state index in [0.29, 0.717) is 37.5 Å². The highest BCUT2D eigenvalue weighted by Gasteiger charge is 2.27. The summed E-state index contributed by atoms with van der Waals surface area (Å²) in [7, 11) is 1.84. The van der Waals surface area contributed by atoms with Gasteiger partial charge in [-0.25, -0.2) is 0 Å². The summed E-state index contributed by atoms with van der Waals surface area (Å²) in [6, 6.07) is 14.5. The summed E-state index contributed by atoms with van der Waals surface area (Å²) in [5.74, 6) is 0.537. The minimum absolute atomic E-state index is 0.0870. The van der Waals surface area contributed by atoms with Gasteiger partial charge in [-0.1, -0.05) is 13.8 Å². The lowest BCUT2D eigenvalue weighted by molar-refractivity contribution is -0.132. The Labute approximate surface area is 208 Å². The van der Waals surface area contributed by atoms with Crippen LogP contribution < -0.4 is 10.2 Å². The van der Waals surface area contributed by atoms with E-state index in [1.165, 1.54) is 0 Å². The number of aromatic hydroxyl groups is 1. The summed E-state index contributed by atoms with van der Waals surface area (Å²) in [6.07, 6.45) is 2.70. The first kappa shape index (κ1) is 27.9. The quantitative estimate of drug-likeness (QED) is 0.483. The molecule has 2 aromatic carbocycles. The fourth-order valence-corrected chi connectivity index (χ4v) is 4.01. The van der Waals surface area contributed by atoms with E-state index in [4.69, 9.17) is 5.11 Å². The standard InChI is InChI=1S/C18H23N3O3.C7H9NO.C2H6/c22-13-15-1-3-17(4-2-15)20-7-9-21(10-8-20)18(24)12-19-6-5-16(11-19)14-23;1-8-6-2-4-7(9)5-3-6;1-2/h1-4,13-14,16H,5-12H2;2-5,8-9H,1H3;1-2H3. The Hall–Kier alpha value is -3.39. The number of rotatable bonds is 6. The molecule has 0 aliphatic carbocycles. The summed E-state index contributed by atoms with van der Waals surface area (Å²) < 4.78 is 0. The minimum Gasteiger partial charge on any atom is -0.508 e. The van der Waals surface area contributed by atoms with Crippen LogP contribution in [-0.4, -0.2) is 86.2 Å². The Morgan fingerprint density at radius 1 is 0.971 bits per heavy atom. The highest BCUT2D eigenvalue weighted by atomic mass is 16.3. The lowest BCUT2D eigenvalue weighted by Crippen LogP contribution is -2.51. The molecule has 1 unspecified atom stereocenters. The molecule has 0 spiro atoms. The van der Waals surface area contributed by atoms with Crippen molar-refractivity contribution < 1.29 is 19.5 Å². The van der Waals surface area contributed by atoms with Crippen LogP contribution in [0.3, 0.4) is 0 Å². The second kappa shape index (κ2) is 14.8. The first-order valence-electron chi connectivity index (χ1n) is 12.2. The first-order chi connectivity index (χ1) is 17.0. The fourth-order valence-electron chi connectivity index (χ4n) is 4.01. The van der Waals surface area contributed by atoms with Crippen molar-refractivity contribution in [1.82, 2.24) is 9.80 Å². The predicted molar refractivity (Wildman–Crippen MR) is 140 cm³/mol. The van der Waals surface area contributed by atoms with E-state index < -0.39 is 0 Å². The van der Waals surface area contributed by atoms with E-state index in [1.807, 2.05) is 62.2 Å². The number of hydrogen-bond donors (Lipinski definition) is 2. The minimum atomic E-state index is 0.0870. The van der Waals surface area contributed by atoms with E-state index in [2.05, 4.69) is 15.1 Å². The topological polar surface area (TPSA) is 93.2 Å². The van der Waals surface area contributed by atoms with E-state index in [-0.39, 0.29) is 11.8 Å². The SMILES string of the molecule is CC.CNc1ccc(O)cc1.O=Cc1ccc(N2CCN(C(=O)CN3CCC(C=O)C3)CC2)cc1. The van der Waals surface area contributed by atoms with Gasteiger partial charge >= 0.3 is 0 Å². The average Bonchev–Trinajstić information content (AvgIpc) is 3.38. The second-order valence-electron chi connectivity index (χ2n) is 8.29. The molecule has 8 heteroatoms. The molecule has 190 valence electrons. The number of nitrogens with one attached hydrogen (secondary N) is 1. The number of nitrogens with zero attached hydrogens (tertiary/aromatic N) is 3. The van der Waals surface area contributed by atoms with Gasteiger partial charge in [0.05, 0.1) is 6.54 Å². The van der Waals surface area contributed by atoms with Crippen molar-refractivity contribution in [3.63, 3.8) is 0 Å². The van der Waals surface area contributed by atoms with Gasteiger partial charge in [-0.2, -0.15) is 0 Å². The van der Waals surface area contributed by atoms with Crippen LogP contribution in [0.5, 0.6) is 5.75 Å². The fraction of sp³-hybridized carbons (Fsp3) is 0.444. The lowest BCUT2D eigenvalue weighted by atomic mass is 10.1. The summed E-state index contributed by atoms with van der Waals surface area (Å²) in [5, 5.41) is 11.8. The Morgan fingerprint density at radius 2 is 1.60 bits per heavy atom. The molecule has 2 saturated heterocycles. The third-order valence-corrected chi connectivity index (χ3v) is 6.04. The van der Waals surface area contributed by atoms with Crippen molar-refractivity contribution in [1.29, 1.82) is 0 Å². The van der Waals surface area contributed by atoms with Crippen molar-refractivity contribution in [2.75, 3.05) is 63.1 Å². The molecule has 0 radical (unpaired) electrons. The molecular weight excluding hydrogens is 444 g/mol. The molecule has 2 heterocycles. The van der Waals surface area contributed by atoms with Crippen LogP contribution in [0.2, 0.25) is 0 Å². The van der Waals surface area contributed by atoms with Crippen LogP contribution in [0.4, 0.5) is 11.4 Å². The van der Waals surface area contributed by atoms with Gasteiger partial charge in [-0.3, -0.25) is 14.5 Å². The van der Waals surface area contributed by atoms with Crippen LogP contribution in [-0.2, 0) is 9.59 Å². The maximum Gasteiger partial charge on any atom is 0.236 e. The van der Waals surface area contributed by atoms with Gasteiger partial charge in [-0.05, 0) is 61.5 Å². The normalized spacial score (nSPS) is 17.4. The largest absolute Gasteiger partial charge is 0.508 e. The molecule has 0 bridgehead atoms. The zero-order valence-electron chi connectivity index (χ0n) is 21.0. The number of benzene rings is 2. The van der Waals surface area contributed by atoms with Crippen LogP contribution in [0.1, 0.15) is 30.6 Å². The van der Waals surface area contributed by atoms with Gasteiger partial charge in [0, 0.05) is 62.6 Å². The highest BCUT2D eigenvalue weighted by Crippen LogP contribution is 2.18. The number of anilines is 2. The van der Waals surface area contributed by atoms with E-state index in [9.17, 15) is 14.4 Å². The number of likely N-dealkylation sites (tertiary alicyclic amines) is 1. The summed E-state index contributed by atoms with van der Waals surface area (Å²) in [4.78, 5) is 40.1. The first-order valence-corrected chi connectivity index (χ1v) is 12.2. The van der Waals surface area contributed by atoms with Crippen LogP contribution in [0.25, 0.3) is 0 Å². The zero-order valence-corrected chi connectivity index (χ0v) is 21.0. The third-order valence-electron chi connectivity index (χ3n) is 6.04. The molecule has 4 rings (SSSR count). The van der Waals surface area contributed by atoms with Crippen molar-refractivity contribution in [3.05, 3.63) is 54.1 Å². The van der Waals surface area contributed by atoms with Crippen molar-refractivity contribution in [2.45, 2.75) is 20.3 Å². The molecule has 2 N–H and O–H groups in total. The molecule has 2 aliphatic rings. The highest BCUT2D eigenvalue weighted by molar-refractivity contribution is 5.79. The number of carbonyl (C=O) groups excluding carboxylic acids is 3. The maximum absolute atomic E-state index is 12.4. The number of aldehydes is 2.